The van der Waals surface area contributed by atoms with Crippen molar-refractivity contribution in [3.05, 3.63) is 28.8 Å². The first kappa shape index (κ1) is 16.9. The zero-order chi connectivity index (χ0) is 15.3. The van der Waals surface area contributed by atoms with E-state index in [9.17, 15) is 13.2 Å². The lowest BCUT2D eigenvalue weighted by Gasteiger charge is -2.20. The van der Waals surface area contributed by atoms with Crippen molar-refractivity contribution >= 4 is 27.6 Å². The maximum absolute atomic E-state index is 12.4. The van der Waals surface area contributed by atoms with Gasteiger partial charge in [0.2, 0.25) is 10.0 Å². The van der Waals surface area contributed by atoms with Gasteiger partial charge in [0, 0.05) is 20.2 Å². The van der Waals surface area contributed by atoms with E-state index in [-0.39, 0.29) is 35.2 Å². The monoisotopic (exact) mass is 321 g/mol. The van der Waals surface area contributed by atoms with Crippen molar-refractivity contribution in [3.63, 3.8) is 0 Å². The van der Waals surface area contributed by atoms with Crippen LogP contribution in [0.4, 0.5) is 0 Å². The highest BCUT2D eigenvalue weighted by atomic mass is 35.5. The van der Waals surface area contributed by atoms with Gasteiger partial charge in [-0.2, -0.15) is 4.31 Å². The zero-order valence-electron chi connectivity index (χ0n) is 11.2. The number of carbonyl (C=O) groups is 1. The molecule has 0 heterocycles. The Morgan fingerprint density at radius 1 is 1.45 bits per heavy atom. The summed E-state index contributed by atoms with van der Waals surface area (Å²) in [6, 6.07) is 3.62. The van der Waals surface area contributed by atoms with E-state index < -0.39 is 16.0 Å². The summed E-state index contributed by atoms with van der Waals surface area (Å²) in [5.74, 6) is -1.27. The Hall–Kier alpha value is -1.15. The molecule has 0 radical (unpaired) electrons. The molecule has 0 spiro atoms. The minimum atomic E-state index is -3.76. The minimum absolute atomic E-state index is 0.00334. The fourth-order valence-electron chi connectivity index (χ4n) is 1.62. The zero-order valence-corrected chi connectivity index (χ0v) is 12.7. The van der Waals surface area contributed by atoms with Crippen LogP contribution in [0, 0.1) is 0 Å². The first-order valence-electron chi connectivity index (χ1n) is 5.86. The number of likely N-dealkylation sites (N-methyl/N-ethyl adjacent to an activating group) is 1. The Labute approximate surface area is 123 Å². The van der Waals surface area contributed by atoms with E-state index in [1.54, 1.807) is 6.92 Å². The molecule has 20 heavy (non-hydrogen) atoms. The molecule has 0 aliphatic heterocycles. The summed E-state index contributed by atoms with van der Waals surface area (Å²) in [7, 11) is -2.29. The number of rotatable bonds is 7. The fourth-order valence-corrected chi connectivity index (χ4v) is 3.28. The Balaban J connectivity index is 3.20. The van der Waals surface area contributed by atoms with Crippen molar-refractivity contribution in [1.29, 1.82) is 0 Å². The standard InChI is InChI=1S/C12H16ClNO5S/c1-3-14(6-7-19-2)20(17,18)9-4-5-11(13)10(8-9)12(15)16/h4-5,8H,3,6-7H2,1-2H3,(H,15,16). The molecule has 1 aromatic rings. The minimum Gasteiger partial charge on any atom is -0.478 e. The van der Waals surface area contributed by atoms with Crippen molar-refractivity contribution < 1.29 is 23.1 Å². The molecule has 112 valence electrons. The van der Waals surface area contributed by atoms with E-state index in [1.165, 1.54) is 23.5 Å². The molecule has 1 aromatic carbocycles. The van der Waals surface area contributed by atoms with Crippen molar-refractivity contribution in [3.8, 4) is 0 Å². The van der Waals surface area contributed by atoms with E-state index in [4.69, 9.17) is 21.4 Å². The molecule has 0 saturated heterocycles. The van der Waals surface area contributed by atoms with Gasteiger partial charge in [0.05, 0.1) is 22.1 Å². The largest absolute Gasteiger partial charge is 0.478 e. The van der Waals surface area contributed by atoms with Crippen LogP contribution in [0.15, 0.2) is 23.1 Å². The highest BCUT2D eigenvalue weighted by molar-refractivity contribution is 7.89. The van der Waals surface area contributed by atoms with E-state index in [2.05, 4.69) is 0 Å². The van der Waals surface area contributed by atoms with Crippen LogP contribution in [0.25, 0.3) is 0 Å². The summed E-state index contributed by atoms with van der Waals surface area (Å²) < 4.78 is 30.9. The number of aromatic carboxylic acids is 1. The highest BCUT2D eigenvalue weighted by Crippen LogP contribution is 2.23. The third-order valence-electron chi connectivity index (χ3n) is 2.70. The van der Waals surface area contributed by atoms with Crippen molar-refractivity contribution in [1.82, 2.24) is 4.31 Å². The van der Waals surface area contributed by atoms with Crippen molar-refractivity contribution in [2.45, 2.75) is 11.8 Å². The van der Waals surface area contributed by atoms with E-state index in [1.807, 2.05) is 0 Å². The molecule has 0 aliphatic carbocycles. The van der Waals surface area contributed by atoms with E-state index in [0.717, 1.165) is 6.07 Å². The molecule has 0 unspecified atom stereocenters. The molecule has 1 rings (SSSR count). The topological polar surface area (TPSA) is 83.9 Å². The average Bonchev–Trinajstić information content (AvgIpc) is 2.39. The second-order valence-electron chi connectivity index (χ2n) is 3.94. The first-order valence-corrected chi connectivity index (χ1v) is 7.68. The molecule has 0 atom stereocenters. The normalized spacial score (nSPS) is 11.8. The highest BCUT2D eigenvalue weighted by Gasteiger charge is 2.24. The Kier molecular flexibility index (Phi) is 5.94. The summed E-state index contributed by atoms with van der Waals surface area (Å²) >= 11 is 5.73. The number of carboxylic acids is 1. The van der Waals surface area contributed by atoms with Crippen LogP contribution in [0.3, 0.4) is 0 Å². The summed E-state index contributed by atoms with van der Waals surface area (Å²) in [6.07, 6.45) is 0. The van der Waals surface area contributed by atoms with Gasteiger partial charge in [-0.1, -0.05) is 18.5 Å². The van der Waals surface area contributed by atoms with Gasteiger partial charge in [-0.05, 0) is 18.2 Å². The van der Waals surface area contributed by atoms with Gasteiger partial charge in [-0.15, -0.1) is 0 Å². The molecule has 1 N–H and O–H groups in total. The molecule has 0 bridgehead atoms. The Morgan fingerprint density at radius 3 is 2.60 bits per heavy atom. The summed E-state index contributed by atoms with van der Waals surface area (Å²) in [4.78, 5) is 10.9. The van der Waals surface area contributed by atoms with Gasteiger partial charge < -0.3 is 9.84 Å². The van der Waals surface area contributed by atoms with Crippen LogP contribution in [0.5, 0.6) is 0 Å². The van der Waals surface area contributed by atoms with Gasteiger partial charge in [0.1, 0.15) is 0 Å². The Morgan fingerprint density at radius 2 is 2.10 bits per heavy atom. The lowest BCUT2D eigenvalue weighted by Crippen LogP contribution is -2.33. The maximum atomic E-state index is 12.4. The number of carboxylic acid groups (broad SMARTS) is 1. The number of ether oxygens (including phenoxy) is 1. The van der Waals surface area contributed by atoms with Crippen LogP contribution in [0.2, 0.25) is 5.02 Å². The lowest BCUT2D eigenvalue weighted by atomic mass is 10.2. The van der Waals surface area contributed by atoms with E-state index >= 15 is 0 Å². The third-order valence-corrected chi connectivity index (χ3v) is 5.00. The molecule has 6 nitrogen and oxygen atoms in total. The van der Waals surface area contributed by atoms with Gasteiger partial charge >= 0.3 is 5.97 Å². The van der Waals surface area contributed by atoms with Crippen molar-refractivity contribution in [2.75, 3.05) is 26.8 Å². The van der Waals surface area contributed by atoms with Crippen LogP contribution in [0.1, 0.15) is 17.3 Å². The Bertz CT molecular complexity index is 588. The second kappa shape index (κ2) is 7.03. The van der Waals surface area contributed by atoms with Gasteiger partial charge in [-0.25, -0.2) is 13.2 Å². The molecule has 0 fully saturated rings. The third kappa shape index (κ3) is 3.69. The number of nitrogens with zero attached hydrogens (tertiary/aromatic N) is 1. The average molecular weight is 322 g/mol. The quantitative estimate of drug-likeness (QED) is 0.826. The molecule has 0 amide bonds. The van der Waals surface area contributed by atoms with Crippen LogP contribution in [-0.4, -0.2) is 50.6 Å². The molecule has 8 heteroatoms. The SMILES string of the molecule is CCN(CCOC)S(=O)(=O)c1ccc(Cl)c(C(=O)O)c1. The summed E-state index contributed by atoms with van der Waals surface area (Å²) in [6.45, 7) is 2.41. The summed E-state index contributed by atoms with van der Waals surface area (Å²) in [5, 5.41) is 8.98. The van der Waals surface area contributed by atoms with Crippen molar-refractivity contribution in [2.24, 2.45) is 0 Å². The maximum Gasteiger partial charge on any atom is 0.337 e. The van der Waals surface area contributed by atoms with Crippen LogP contribution >= 0.6 is 11.6 Å². The predicted molar refractivity (Wildman–Crippen MR) is 74.7 cm³/mol. The van der Waals surface area contributed by atoms with Crippen LogP contribution < -0.4 is 0 Å². The molecule has 0 aromatic heterocycles. The smallest absolute Gasteiger partial charge is 0.337 e. The molecular formula is C12H16ClNO5S. The van der Waals surface area contributed by atoms with Gasteiger partial charge in [0.15, 0.2) is 0 Å². The molecule has 0 saturated carbocycles. The fraction of sp³-hybridized carbons (Fsp3) is 0.417. The number of hydrogen-bond donors (Lipinski definition) is 1. The predicted octanol–water partition coefficient (Wildman–Crippen LogP) is 1.70. The molecule has 0 aliphatic rings. The number of sulfonamides is 1. The molecular weight excluding hydrogens is 306 g/mol. The van der Waals surface area contributed by atoms with E-state index in [0.29, 0.717) is 0 Å². The number of benzene rings is 1. The van der Waals surface area contributed by atoms with Gasteiger partial charge in [-0.3, -0.25) is 0 Å². The number of halogens is 1. The number of hydrogen-bond acceptors (Lipinski definition) is 4. The lowest BCUT2D eigenvalue weighted by molar-refractivity contribution is 0.0697. The first-order chi connectivity index (χ1) is 9.34. The summed E-state index contributed by atoms with van der Waals surface area (Å²) in [5.41, 5.74) is -0.240. The second-order valence-corrected chi connectivity index (χ2v) is 6.28. The number of methoxy groups -OCH3 is 1. The van der Waals surface area contributed by atoms with Gasteiger partial charge in [0.25, 0.3) is 0 Å². The van der Waals surface area contributed by atoms with Crippen LogP contribution in [-0.2, 0) is 14.8 Å².